The Balaban J connectivity index is 1.65. The predicted octanol–water partition coefficient (Wildman–Crippen LogP) is 5.09. The van der Waals surface area contributed by atoms with Gasteiger partial charge in [-0.15, -0.1) is 0 Å². The molecule has 0 saturated carbocycles. The maximum Gasteiger partial charge on any atom is 0.343 e. The molecule has 0 heterocycles. The Kier molecular flexibility index (Phi) is 7.87. The number of carbonyl (C=O) groups excluding carboxylic acids is 2. The minimum absolute atomic E-state index is 0.329. The summed E-state index contributed by atoms with van der Waals surface area (Å²) < 4.78 is 22.0. The third-order valence-electron chi connectivity index (χ3n) is 4.67. The average molecular weight is 422 g/mol. The summed E-state index contributed by atoms with van der Waals surface area (Å²) in [5.41, 5.74) is 0.329. The molecule has 0 radical (unpaired) electrons. The normalized spacial score (nSPS) is 13.6. The van der Waals surface area contributed by atoms with Gasteiger partial charge in [0.2, 0.25) is 6.29 Å². The highest BCUT2D eigenvalue weighted by molar-refractivity contribution is 5.91. The molecule has 0 amide bonds. The quantitative estimate of drug-likeness (QED) is 0.302. The molecule has 1 aliphatic carbocycles. The van der Waals surface area contributed by atoms with Crippen LogP contribution >= 0.6 is 0 Å². The van der Waals surface area contributed by atoms with Crippen LogP contribution in [0.5, 0.6) is 17.2 Å². The van der Waals surface area contributed by atoms with Crippen molar-refractivity contribution in [1.82, 2.24) is 0 Å². The van der Waals surface area contributed by atoms with Gasteiger partial charge in [-0.3, -0.25) is 4.79 Å². The Bertz CT molecular complexity index is 933. The second-order valence-corrected chi connectivity index (χ2v) is 7.01. The molecule has 0 bridgehead atoms. The summed E-state index contributed by atoms with van der Waals surface area (Å²) in [5, 5.41) is 0. The van der Waals surface area contributed by atoms with Crippen LogP contribution in [0.4, 0.5) is 0 Å². The topological polar surface area (TPSA) is 71.1 Å². The molecule has 0 N–H and O–H groups in total. The van der Waals surface area contributed by atoms with Crippen molar-refractivity contribution < 1.29 is 28.5 Å². The van der Waals surface area contributed by atoms with E-state index in [-0.39, 0.29) is 5.97 Å². The fourth-order valence-electron chi connectivity index (χ4n) is 2.97. The summed E-state index contributed by atoms with van der Waals surface area (Å²) in [6, 6.07) is 13.4. The van der Waals surface area contributed by atoms with Gasteiger partial charge in [-0.25, -0.2) is 4.79 Å². The number of carbonyl (C=O) groups is 2. The first-order valence-electron chi connectivity index (χ1n) is 10.3. The molecule has 1 aliphatic rings. The first-order valence-corrected chi connectivity index (χ1v) is 10.3. The summed E-state index contributed by atoms with van der Waals surface area (Å²) in [4.78, 5) is 24.9. The summed E-state index contributed by atoms with van der Waals surface area (Å²) >= 11 is 0. The van der Waals surface area contributed by atoms with Crippen LogP contribution in [0.15, 0.2) is 72.8 Å². The molecular formula is C25H26O6. The summed E-state index contributed by atoms with van der Waals surface area (Å²) in [7, 11) is 1.57. The molecule has 0 spiro atoms. The summed E-state index contributed by atoms with van der Waals surface area (Å²) in [5.74, 6) is 0.241. The molecule has 1 atom stereocenters. The largest absolute Gasteiger partial charge is 0.497 e. The first kappa shape index (κ1) is 22.2. The number of methoxy groups -OCH3 is 1. The highest BCUT2D eigenvalue weighted by Crippen LogP contribution is 2.22. The zero-order valence-electron chi connectivity index (χ0n) is 17.7. The highest BCUT2D eigenvalue weighted by Gasteiger charge is 2.22. The van der Waals surface area contributed by atoms with Crippen molar-refractivity contribution in [3.8, 4) is 17.2 Å². The number of hydrogen-bond donors (Lipinski definition) is 0. The molecule has 2 aromatic carbocycles. The third kappa shape index (κ3) is 6.47. The lowest BCUT2D eigenvalue weighted by Crippen LogP contribution is -2.27. The van der Waals surface area contributed by atoms with Crippen molar-refractivity contribution in [2.75, 3.05) is 7.11 Å². The Morgan fingerprint density at radius 3 is 2.35 bits per heavy atom. The third-order valence-corrected chi connectivity index (χ3v) is 4.67. The van der Waals surface area contributed by atoms with Gasteiger partial charge in [-0.05, 0) is 48.9 Å². The van der Waals surface area contributed by atoms with Gasteiger partial charge < -0.3 is 18.9 Å². The van der Waals surface area contributed by atoms with Crippen molar-refractivity contribution in [2.45, 2.75) is 32.5 Å². The van der Waals surface area contributed by atoms with Crippen LogP contribution < -0.4 is 14.2 Å². The zero-order chi connectivity index (χ0) is 22.1. The number of esters is 2. The molecule has 0 saturated heterocycles. The van der Waals surface area contributed by atoms with Gasteiger partial charge in [0.15, 0.2) is 0 Å². The summed E-state index contributed by atoms with van der Waals surface area (Å²) in [6.45, 7) is 2.05. The molecule has 162 valence electrons. The van der Waals surface area contributed by atoms with Crippen molar-refractivity contribution in [3.05, 3.63) is 78.4 Å². The van der Waals surface area contributed by atoms with Gasteiger partial charge in [0.05, 0.1) is 18.6 Å². The van der Waals surface area contributed by atoms with Crippen LogP contribution in [-0.2, 0) is 9.53 Å². The second-order valence-electron chi connectivity index (χ2n) is 7.01. The van der Waals surface area contributed by atoms with Crippen LogP contribution in [0.2, 0.25) is 0 Å². The van der Waals surface area contributed by atoms with Gasteiger partial charge in [-0.2, -0.15) is 0 Å². The number of benzene rings is 2. The molecule has 2 aromatic rings. The van der Waals surface area contributed by atoms with Gasteiger partial charge in [0.25, 0.3) is 0 Å². The molecule has 0 aromatic heterocycles. The van der Waals surface area contributed by atoms with Gasteiger partial charge in [0.1, 0.15) is 17.2 Å². The van der Waals surface area contributed by atoms with Crippen LogP contribution in [0.1, 0.15) is 36.5 Å². The fourth-order valence-corrected chi connectivity index (χ4v) is 2.97. The van der Waals surface area contributed by atoms with Crippen LogP contribution in [-0.4, -0.2) is 25.3 Å². The Morgan fingerprint density at radius 1 is 0.968 bits per heavy atom. The minimum Gasteiger partial charge on any atom is -0.497 e. The van der Waals surface area contributed by atoms with Gasteiger partial charge in [0, 0.05) is 6.42 Å². The van der Waals surface area contributed by atoms with E-state index in [0.29, 0.717) is 29.2 Å². The zero-order valence-corrected chi connectivity index (χ0v) is 17.7. The van der Waals surface area contributed by atoms with Crippen molar-refractivity contribution >= 4 is 11.9 Å². The van der Waals surface area contributed by atoms with E-state index in [9.17, 15) is 9.59 Å². The standard InChI is InChI=1S/C25H26O6/c1-3-4-12-23(31-24(26)18-8-5-6-9-18)29-22-11-7-10-19(17-22)25(27)30-21-15-13-20(28-2)14-16-21/h5-11,13-18,23H,3-4,12H2,1-2H3. The van der Waals surface area contributed by atoms with Gasteiger partial charge in [-0.1, -0.05) is 43.7 Å². The van der Waals surface area contributed by atoms with E-state index in [1.165, 1.54) is 0 Å². The number of rotatable bonds is 10. The minimum atomic E-state index is -0.734. The maximum absolute atomic E-state index is 12.5. The van der Waals surface area contributed by atoms with Crippen molar-refractivity contribution in [1.29, 1.82) is 0 Å². The lowest BCUT2D eigenvalue weighted by Gasteiger charge is -2.20. The van der Waals surface area contributed by atoms with E-state index >= 15 is 0 Å². The molecule has 0 fully saturated rings. The maximum atomic E-state index is 12.5. The molecule has 6 heteroatoms. The summed E-state index contributed by atoms with van der Waals surface area (Å²) in [6.07, 6.45) is 8.77. The molecular weight excluding hydrogens is 396 g/mol. The smallest absolute Gasteiger partial charge is 0.343 e. The van der Waals surface area contributed by atoms with E-state index in [0.717, 1.165) is 12.8 Å². The van der Waals surface area contributed by atoms with E-state index in [1.807, 2.05) is 12.2 Å². The SMILES string of the molecule is CCCCC(OC(=O)C1C=CC=C1)Oc1cccc(C(=O)Oc2ccc(OC)cc2)c1. The van der Waals surface area contributed by atoms with E-state index in [1.54, 1.807) is 67.8 Å². The van der Waals surface area contributed by atoms with Crippen LogP contribution in [0, 0.1) is 5.92 Å². The molecule has 3 rings (SSSR count). The Morgan fingerprint density at radius 2 is 1.68 bits per heavy atom. The first-order chi connectivity index (χ1) is 15.1. The molecule has 31 heavy (non-hydrogen) atoms. The van der Waals surface area contributed by atoms with E-state index in [2.05, 4.69) is 6.92 Å². The predicted molar refractivity (Wildman–Crippen MR) is 116 cm³/mol. The van der Waals surface area contributed by atoms with Crippen molar-refractivity contribution in [2.24, 2.45) is 5.92 Å². The van der Waals surface area contributed by atoms with E-state index < -0.39 is 18.2 Å². The van der Waals surface area contributed by atoms with E-state index in [4.69, 9.17) is 18.9 Å². The number of unbranched alkanes of at least 4 members (excludes halogenated alkanes) is 1. The molecule has 0 aliphatic heterocycles. The monoisotopic (exact) mass is 422 g/mol. The lowest BCUT2D eigenvalue weighted by molar-refractivity contribution is -0.166. The Labute approximate surface area is 182 Å². The van der Waals surface area contributed by atoms with Crippen LogP contribution in [0.3, 0.4) is 0 Å². The van der Waals surface area contributed by atoms with Gasteiger partial charge >= 0.3 is 11.9 Å². The molecule has 6 nitrogen and oxygen atoms in total. The number of ether oxygens (including phenoxy) is 4. The number of allylic oxidation sites excluding steroid dienone is 2. The van der Waals surface area contributed by atoms with Crippen molar-refractivity contribution in [3.63, 3.8) is 0 Å². The second kappa shape index (κ2) is 11.0. The van der Waals surface area contributed by atoms with Crippen LogP contribution in [0.25, 0.3) is 0 Å². The molecule has 1 unspecified atom stereocenters. The number of hydrogen-bond acceptors (Lipinski definition) is 6. The lowest BCUT2D eigenvalue weighted by atomic mass is 10.2. The Hall–Kier alpha value is -3.54. The highest BCUT2D eigenvalue weighted by atomic mass is 16.7. The average Bonchev–Trinajstić information content (AvgIpc) is 3.33. The fraction of sp³-hybridized carbons (Fsp3) is 0.280.